The van der Waals surface area contributed by atoms with Crippen LogP contribution in [0.5, 0.6) is 0 Å². The third-order valence-corrected chi connectivity index (χ3v) is 3.92. The lowest BCUT2D eigenvalue weighted by Crippen LogP contribution is -2.48. The van der Waals surface area contributed by atoms with E-state index in [2.05, 4.69) is 43.6 Å². The second-order valence-electron chi connectivity index (χ2n) is 5.79. The Morgan fingerprint density at radius 3 is 2.61 bits per heavy atom. The van der Waals surface area contributed by atoms with Crippen molar-refractivity contribution >= 4 is 17.0 Å². The van der Waals surface area contributed by atoms with Crippen molar-refractivity contribution in [2.75, 3.05) is 7.05 Å². The summed E-state index contributed by atoms with van der Waals surface area (Å²) in [5, 5.41) is 6.58. The number of hydrogen-bond acceptors (Lipinski definition) is 3. The van der Waals surface area contributed by atoms with E-state index < -0.39 is 0 Å². The Morgan fingerprint density at radius 1 is 1.28 bits per heavy atom. The number of amides is 1. The first-order valence-corrected chi connectivity index (χ1v) is 7.56. The number of carbonyl (C=O) groups is 1. The summed E-state index contributed by atoms with van der Waals surface area (Å²) in [6.45, 7) is 6.19. The van der Waals surface area contributed by atoms with Crippen molar-refractivity contribution in [1.29, 1.82) is 0 Å². The number of likely N-dealkylation sites (N-methyl/N-ethyl adjacent to an activating group) is 1. The molecule has 0 fully saturated rings. The van der Waals surface area contributed by atoms with Gasteiger partial charge >= 0.3 is 0 Å². The fourth-order valence-electron chi connectivity index (χ4n) is 2.13. The standard InChI is InChI=1S/C14H26N2OS/c1-14(2,3)18-13(17)16-12-10-8-6-5-7-9-11(12)15-4/h5,7,11-12,15H,6,8-10H2,1-4H3,(H,16,17)/b7-5+/t11-,12+/m0/s1. The summed E-state index contributed by atoms with van der Waals surface area (Å²) in [7, 11) is 1.97. The molecule has 1 aliphatic rings. The van der Waals surface area contributed by atoms with E-state index in [1.54, 1.807) is 0 Å². The number of allylic oxidation sites excluding steroid dienone is 1. The lowest BCUT2D eigenvalue weighted by atomic mass is 9.96. The first kappa shape index (κ1) is 15.6. The highest BCUT2D eigenvalue weighted by atomic mass is 32.2. The van der Waals surface area contributed by atoms with Gasteiger partial charge in [-0.1, -0.05) is 44.7 Å². The second kappa shape index (κ2) is 7.19. The van der Waals surface area contributed by atoms with Crippen LogP contribution in [0.4, 0.5) is 4.79 Å². The minimum atomic E-state index is -0.0270. The molecule has 2 atom stereocenters. The SMILES string of the molecule is CN[C@H]1C/C=C/CCC[C@H]1NC(=O)SC(C)(C)C. The minimum Gasteiger partial charge on any atom is -0.343 e. The molecule has 0 unspecified atom stereocenters. The third kappa shape index (κ3) is 5.91. The van der Waals surface area contributed by atoms with Gasteiger partial charge in [0.25, 0.3) is 5.24 Å². The Labute approximate surface area is 115 Å². The van der Waals surface area contributed by atoms with Crippen LogP contribution in [0.3, 0.4) is 0 Å². The molecule has 0 aliphatic heterocycles. The molecule has 0 radical (unpaired) electrons. The minimum absolute atomic E-state index is 0.0270. The predicted octanol–water partition coefficient (Wildman–Crippen LogP) is 3.31. The fourth-order valence-corrected chi connectivity index (χ4v) is 2.90. The predicted molar refractivity (Wildman–Crippen MR) is 80.1 cm³/mol. The molecule has 4 heteroatoms. The monoisotopic (exact) mass is 270 g/mol. The molecule has 0 aromatic carbocycles. The van der Waals surface area contributed by atoms with E-state index in [-0.39, 0.29) is 16.0 Å². The highest BCUT2D eigenvalue weighted by molar-refractivity contribution is 8.14. The van der Waals surface area contributed by atoms with Crippen LogP contribution in [0.25, 0.3) is 0 Å². The van der Waals surface area contributed by atoms with E-state index >= 15 is 0 Å². The Hall–Kier alpha value is -0.480. The topological polar surface area (TPSA) is 41.1 Å². The average Bonchev–Trinajstić information content (AvgIpc) is 2.20. The quantitative estimate of drug-likeness (QED) is 0.756. The van der Waals surface area contributed by atoms with Crippen LogP contribution in [-0.4, -0.2) is 29.1 Å². The maximum absolute atomic E-state index is 12.0. The van der Waals surface area contributed by atoms with Crippen LogP contribution in [0.15, 0.2) is 12.2 Å². The van der Waals surface area contributed by atoms with Gasteiger partial charge in [0.05, 0.1) is 0 Å². The molecule has 0 aromatic rings. The van der Waals surface area contributed by atoms with Gasteiger partial charge in [-0.3, -0.25) is 4.79 Å². The first-order chi connectivity index (χ1) is 8.42. The smallest absolute Gasteiger partial charge is 0.279 e. The Kier molecular flexibility index (Phi) is 6.22. The van der Waals surface area contributed by atoms with Crippen molar-refractivity contribution in [1.82, 2.24) is 10.6 Å². The zero-order chi connectivity index (χ0) is 13.6. The molecular formula is C14H26N2OS. The highest BCUT2D eigenvalue weighted by Gasteiger charge is 2.24. The van der Waals surface area contributed by atoms with Crippen LogP contribution < -0.4 is 10.6 Å². The van der Waals surface area contributed by atoms with Gasteiger partial charge in [-0.25, -0.2) is 0 Å². The van der Waals surface area contributed by atoms with Crippen molar-refractivity contribution in [2.24, 2.45) is 0 Å². The summed E-state index contributed by atoms with van der Waals surface area (Å²) in [5.41, 5.74) is 0. The van der Waals surface area contributed by atoms with Gasteiger partial charge in [-0.2, -0.15) is 0 Å². The van der Waals surface area contributed by atoms with E-state index in [4.69, 9.17) is 0 Å². The average molecular weight is 270 g/mol. The molecule has 0 bridgehead atoms. The van der Waals surface area contributed by atoms with Crippen molar-refractivity contribution in [3.63, 3.8) is 0 Å². The van der Waals surface area contributed by atoms with Crippen LogP contribution >= 0.6 is 11.8 Å². The van der Waals surface area contributed by atoms with Gasteiger partial charge in [0.1, 0.15) is 0 Å². The van der Waals surface area contributed by atoms with Crippen molar-refractivity contribution in [3.8, 4) is 0 Å². The molecule has 0 heterocycles. The number of hydrogen-bond donors (Lipinski definition) is 2. The van der Waals surface area contributed by atoms with E-state index in [0.717, 1.165) is 25.7 Å². The summed E-state index contributed by atoms with van der Waals surface area (Å²) < 4.78 is -0.0270. The summed E-state index contributed by atoms with van der Waals surface area (Å²) >= 11 is 1.38. The van der Waals surface area contributed by atoms with Crippen LogP contribution in [0.1, 0.15) is 46.5 Å². The van der Waals surface area contributed by atoms with Crippen molar-refractivity contribution in [3.05, 3.63) is 12.2 Å². The molecule has 0 saturated carbocycles. The van der Waals surface area contributed by atoms with E-state index in [0.29, 0.717) is 6.04 Å². The normalized spacial score (nSPS) is 27.1. The summed E-state index contributed by atoms with van der Waals surface area (Å²) in [6, 6.07) is 0.577. The van der Waals surface area contributed by atoms with Gasteiger partial charge in [0.2, 0.25) is 0 Å². The van der Waals surface area contributed by atoms with Crippen molar-refractivity contribution in [2.45, 2.75) is 63.3 Å². The maximum Gasteiger partial charge on any atom is 0.279 e. The van der Waals surface area contributed by atoms with Gasteiger partial charge in [-0.15, -0.1) is 0 Å². The van der Waals surface area contributed by atoms with Gasteiger partial charge in [0, 0.05) is 16.8 Å². The van der Waals surface area contributed by atoms with E-state index in [1.165, 1.54) is 11.8 Å². The molecular weight excluding hydrogens is 244 g/mol. The van der Waals surface area contributed by atoms with E-state index in [1.807, 2.05) is 7.05 Å². The van der Waals surface area contributed by atoms with Gasteiger partial charge < -0.3 is 10.6 Å². The fraction of sp³-hybridized carbons (Fsp3) is 0.786. The summed E-state index contributed by atoms with van der Waals surface area (Å²) in [6.07, 6.45) is 8.76. The van der Waals surface area contributed by atoms with Gasteiger partial charge in [-0.05, 0) is 32.7 Å². The molecule has 1 rings (SSSR count). The lowest BCUT2D eigenvalue weighted by Gasteiger charge is -2.29. The molecule has 104 valence electrons. The number of nitrogens with one attached hydrogen (secondary N) is 2. The Morgan fingerprint density at radius 2 is 2.00 bits per heavy atom. The number of thioether (sulfide) groups is 1. The Bertz CT molecular complexity index is 297. The van der Waals surface area contributed by atoms with Gasteiger partial charge in [0.15, 0.2) is 0 Å². The third-order valence-electron chi connectivity index (χ3n) is 3.00. The molecule has 0 aromatic heterocycles. The molecule has 0 spiro atoms. The summed E-state index contributed by atoms with van der Waals surface area (Å²) in [5.74, 6) is 0. The number of rotatable bonds is 2. The molecule has 0 saturated heterocycles. The lowest BCUT2D eigenvalue weighted by molar-refractivity contribution is 0.251. The second-order valence-corrected chi connectivity index (χ2v) is 7.59. The molecule has 2 N–H and O–H groups in total. The van der Waals surface area contributed by atoms with Crippen LogP contribution in [-0.2, 0) is 0 Å². The van der Waals surface area contributed by atoms with E-state index in [9.17, 15) is 4.79 Å². The summed E-state index contributed by atoms with van der Waals surface area (Å²) in [4.78, 5) is 12.0. The van der Waals surface area contributed by atoms with Crippen LogP contribution in [0.2, 0.25) is 0 Å². The maximum atomic E-state index is 12.0. The van der Waals surface area contributed by atoms with Crippen molar-refractivity contribution < 1.29 is 4.79 Å². The molecule has 1 aliphatic carbocycles. The molecule has 3 nitrogen and oxygen atoms in total. The zero-order valence-electron chi connectivity index (χ0n) is 12.0. The van der Waals surface area contributed by atoms with Crippen LogP contribution in [0, 0.1) is 0 Å². The number of carbonyl (C=O) groups excluding carboxylic acids is 1. The zero-order valence-corrected chi connectivity index (χ0v) is 12.8. The Balaban J connectivity index is 2.55. The molecule has 1 amide bonds. The first-order valence-electron chi connectivity index (χ1n) is 6.74. The molecule has 18 heavy (non-hydrogen) atoms. The highest BCUT2D eigenvalue weighted by Crippen LogP contribution is 2.24. The largest absolute Gasteiger partial charge is 0.343 e.